The van der Waals surface area contributed by atoms with Crippen LogP contribution in [0.4, 0.5) is 13.2 Å². The Kier molecular flexibility index (Phi) is 3.65. The van der Waals surface area contributed by atoms with Gasteiger partial charge in [-0.25, -0.2) is 0 Å². The van der Waals surface area contributed by atoms with Gasteiger partial charge in [0.15, 0.2) is 5.78 Å². The van der Waals surface area contributed by atoms with Crippen molar-refractivity contribution in [3.8, 4) is 0 Å². The van der Waals surface area contributed by atoms with Gasteiger partial charge in [-0.05, 0) is 24.3 Å². The SMILES string of the molecule is N=C(CC(=O)/C=C/c1ccco1)C(F)(F)F. The first-order chi connectivity index (χ1) is 7.39. The predicted octanol–water partition coefficient (Wildman–Crippen LogP) is 2.83. The number of nitrogens with one attached hydrogen (secondary N) is 1. The second-order valence-corrected chi connectivity index (χ2v) is 2.97. The Morgan fingerprint density at radius 2 is 2.19 bits per heavy atom. The Morgan fingerprint density at radius 3 is 2.69 bits per heavy atom. The topological polar surface area (TPSA) is 54.1 Å². The Labute approximate surface area is 89.1 Å². The summed E-state index contributed by atoms with van der Waals surface area (Å²) in [4.78, 5) is 11.0. The van der Waals surface area contributed by atoms with Crippen molar-refractivity contribution in [3.05, 3.63) is 30.2 Å². The van der Waals surface area contributed by atoms with Crippen LogP contribution >= 0.6 is 0 Å². The molecule has 16 heavy (non-hydrogen) atoms. The fraction of sp³-hybridized carbons (Fsp3) is 0.200. The molecule has 0 aliphatic carbocycles. The largest absolute Gasteiger partial charge is 0.465 e. The van der Waals surface area contributed by atoms with Crippen LogP contribution < -0.4 is 0 Å². The van der Waals surface area contributed by atoms with Crippen LogP contribution in [0, 0.1) is 5.41 Å². The summed E-state index contributed by atoms with van der Waals surface area (Å²) >= 11 is 0. The molecule has 0 atom stereocenters. The highest BCUT2D eigenvalue weighted by atomic mass is 19.4. The summed E-state index contributed by atoms with van der Waals surface area (Å²) < 4.78 is 40.6. The van der Waals surface area contributed by atoms with E-state index in [1.54, 1.807) is 12.1 Å². The lowest BCUT2D eigenvalue weighted by molar-refractivity contribution is -0.114. The van der Waals surface area contributed by atoms with Crippen molar-refractivity contribution in [1.82, 2.24) is 0 Å². The fourth-order valence-corrected chi connectivity index (χ4v) is 0.895. The first-order valence-electron chi connectivity index (χ1n) is 4.28. The van der Waals surface area contributed by atoms with E-state index in [2.05, 4.69) is 0 Å². The minimum absolute atomic E-state index is 0.367. The van der Waals surface area contributed by atoms with Gasteiger partial charge in [0.25, 0.3) is 0 Å². The fourth-order valence-electron chi connectivity index (χ4n) is 0.895. The third-order valence-corrected chi connectivity index (χ3v) is 1.67. The van der Waals surface area contributed by atoms with Crippen molar-refractivity contribution < 1.29 is 22.4 Å². The molecule has 1 aromatic rings. The maximum Gasteiger partial charge on any atom is 0.429 e. The average molecular weight is 231 g/mol. The minimum atomic E-state index is -4.74. The Morgan fingerprint density at radius 1 is 1.50 bits per heavy atom. The molecule has 0 spiro atoms. The van der Waals surface area contributed by atoms with Gasteiger partial charge in [-0.15, -0.1) is 0 Å². The van der Waals surface area contributed by atoms with Gasteiger partial charge in [-0.1, -0.05) is 0 Å². The average Bonchev–Trinajstić information content (AvgIpc) is 2.65. The normalized spacial score (nSPS) is 11.9. The van der Waals surface area contributed by atoms with Gasteiger partial charge in [0.1, 0.15) is 11.5 Å². The molecule has 1 aromatic heterocycles. The summed E-state index contributed by atoms with van der Waals surface area (Å²) in [7, 11) is 0. The van der Waals surface area contributed by atoms with Crippen LogP contribution in [0.25, 0.3) is 6.08 Å². The van der Waals surface area contributed by atoms with E-state index in [4.69, 9.17) is 9.83 Å². The molecular formula is C10H8F3NO2. The van der Waals surface area contributed by atoms with Crippen LogP contribution in [0.15, 0.2) is 28.9 Å². The number of rotatable bonds is 4. The van der Waals surface area contributed by atoms with E-state index in [9.17, 15) is 18.0 Å². The van der Waals surface area contributed by atoms with Crippen molar-refractivity contribution >= 4 is 17.6 Å². The molecule has 0 saturated carbocycles. The summed E-state index contributed by atoms with van der Waals surface area (Å²) in [5.74, 6) is -0.425. The van der Waals surface area contributed by atoms with Crippen molar-refractivity contribution in [3.63, 3.8) is 0 Å². The lowest BCUT2D eigenvalue weighted by Crippen LogP contribution is -2.23. The zero-order valence-corrected chi connectivity index (χ0v) is 8.04. The number of ketones is 1. The number of furan rings is 1. The molecule has 0 aromatic carbocycles. The summed E-state index contributed by atoms with van der Waals surface area (Å²) in [6.07, 6.45) is -2.11. The molecule has 0 aliphatic heterocycles. The van der Waals surface area contributed by atoms with Crippen LogP contribution in [-0.4, -0.2) is 17.7 Å². The summed E-state index contributed by atoms with van der Waals surface area (Å²) in [5, 5.41) is 6.62. The molecule has 3 nitrogen and oxygen atoms in total. The quantitative estimate of drug-likeness (QED) is 0.639. The highest BCUT2D eigenvalue weighted by molar-refractivity contribution is 6.08. The number of hydrogen-bond donors (Lipinski definition) is 1. The van der Waals surface area contributed by atoms with Gasteiger partial charge < -0.3 is 9.83 Å². The van der Waals surface area contributed by atoms with Crippen LogP contribution in [0.5, 0.6) is 0 Å². The molecule has 1 heterocycles. The first-order valence-corrected chi connectivity index (χ1v) is 4.28. The van der Waals surface area contributed by atoms with Crippen LogP contribution in [0.1, 0.15) is 12.2 Å². The van der Waals surface area contributed by atoms with Crippen LogP contribution in [-0.2, 0) is 4.79 Å². The molecule has 0 amide bonds. The van der Waals surface area contributed by atoms with Crippen molar-refractivity contribution in [2.24, 2.45) is 0 Å². The molecular weight excluding hydrogens is 223 g/mol. The number of hydrogen-bond acceptors (Lipinski definition) is 3. The molecule has 86 valence electrons. The Hall–Kier alpha value is -1.85. The molecule has 0 unspecified atom stereocenters. The smallest absolute Gasteiger partial charge is 0.429 e. The van der Waals surface area contributed by atoms with Crippen molar-refractivity contribution in [1.29, 1.82) is 5.41 Å². The second kappa shape index (κ2) is 4.78. The summed E-state index contributed by atoms with van der Waals surface area (Å²) in [6, 6.07) is 3.14. The minimum Gasteiger partial charge on any atom is -0.465 e. The van der Waals surface area contributed by atoms with E-state index < -0.39 is 24.1 Å². The number of carbonyl (C=O) groups is 1. The zero-order chi connectivity index (χ0) is 12.2. The van der Waals surface area contributed by atoms with E-state index in [0.29, 0.717) is 5.76 Å². The first kappa shape index (κ1) is 12.2. The van der Waals surface area contributed by atoms with E-state index in [0.717, 1.165) is 6.08 Å². The highest BCUT2D eigenvalue weighted by Gasteiger charge is 2.34. The molecule has 0 saturated heterocycles. The van der Waals surface area contributed by atoms with E-state index >= 15 is 0 Å². The van der Waals surface area contributed by atoms with E-state index in [-0.39, 0.29) is 0 Å². The number of alkyl halides is 3. The standard InChI is InChI=1S/C10H8F3NO2/c11-10(12,13)9(14)6-7(15)3-4-8-2-1-5-16-8/h1-5,14H,6H2/b4-3+,14-9?. The predicted molar refractivity (Wildman–Crippen MR) is 51.1 cm³/mol. The highest BCUT2D eigenvalue weighted by Crippen LogP contribution is 2.18. The molecule has 1 rings (SSSR count). The van der Waals surface area contributed by atoms with Gasteiger partial charge in [0.05, 0.1) is 12.7 Å². The summed E-state index contributed by atoms with van der Waals surface area (Å²) in [5.41, 5.74) is -1.55. The van der Waals surface area contributed by atoms with Crippen LogP contribution in [0.2, 0.25) is 0 Å². The van der Waals surface area contributed by atoms with Gasteiger partial charge in [-0.3, -0.25) is 4.79 Å². The maximum atomic E-state index is 11.9. The van der Waals surface area contributed by atoms with Gasteiger partial charge >= 0.3 is 6.18 Å². The van der Waals surface area contributed by atoms with E-state index in [1.807, 2.05) is 0 Å². The van der Waals surface area contributed by atoms with Gasteiger partial charge in [0, 0.05) is 0 Å². The third-order valence-electron chi connectivity index (χ3n) is 1.67. The molecule has 0 aliphatic rings. The lowest BCUT2D eigenvalue weighted by atomic mass is 10.1. The number of carbonyl (C=O) groups excluding carboxylic acids is 1. The maximum absolute atomic E-state index is 11.9. The molecule has 1 N–H and O–H groups in total. The molecule has 0 radical (unpaired) electrons. The molecule has 6 heteroatoms. The summed E-state index contributed by atoms with van der Waals surface area (Å²) in [6.45, 7) is 0. The van der Waals surface area contributed by atoms with Crippen molar-refractivity contribution in [2.45, 2.75) is 12.6 Å². The Bertz CT molecular complexity index is 404. The number of halogens is 3. The van der Waals surface area contributed by atoms with Gasteiger partial charge in [-0.2, -0.15) is 13.2 Å². The zero-order valence-electron chi connectivity index (χ0n) is 8.04. The molecule has 0 bridgehead atoms. The molecule has 0 fully saturated rings. The monoisotopic (exact) mass is 231 g/mol. The lowest BCUT2D eigenvalue weighted by Gasteiger charge is -2.05. The van der Waals surface area contributed by atoms with Gasteiger partial charge in [0.2, 0.25) is 0 Å². The number of allylic oxidation sites excluding steroid dienone is 1. The second-order valence-electron chi connectivity index (χ2n) is 2.97. The van der Waals surface area contributed by atoms with Crippen LogP contribution in [0.3, 0.4) is 0 Å². The Balaban J connectivity index is 2.52. The third kappa shape index (κ3) is 3.72. The van der Waals surface area contributed by atoms with E-state index in [1.165, 1.54) is 12.3 Å². The van der Waals surface area contributed by atoms with Crippen molar-refractivity contribution in [2.75, 3.05) is 0 Å².